The number of nitrogens with one attached hydrogen (secondary N) is 1. The van der Waals surface area contributed by atoms with Gasteiger partial charge < -0.3 is 10.1 Å². The van der Waals surface area contributed by atoms with Gasteiger partial charge in [0.15, 0.2) is 0 Å². The third kappa shape index (κ3) is 6.20. The molecule has 0 aliphatic carbocycles. The second-order valence-corrected chi connectivity index (χ2v) is 11.8. The van der Waals surface area contributed by atoms with Crippen LogP contribution in [0.5, 0.6) is 5.75 Å². The van der Waals surface area contributed by atoms with E-state index in [1.54, 1.807) is 30.3 Å². The molecule has 196 valence electrons. The van der Waals surface area contributed by atoms with E-state index in [4.69, 9.17) is 4.74 Å². The number of nitrogens with zero attached hydrogens (tertiary/aromatic N) is 1. The van der Waals surface area contributed by atoms with Gasteiger partial charge in [-0.1, -0.05) is 54.2 Å². The average molecular weight is 547 g/mol. The van der Waals surface area contributed by atoms with Gasteiger partial charge in [0.1, 0.15) is 17.2 Å². The maximum Gasteiger partial charge on any atom is 0.268 e. The molecule has 0 spiro atoms. The summed E-state index contributed by atoms with van der Waals surface area (Å²) in [5.74, 6) is -0.242. The first-order chi connectivity index (χ1) is 18.2. The van der Waals surface area contributed by atoms with Crippen molar-refractivity contribution in [3.8, 4) is 5.75 Å². The summed E-state index contributed by atoms with van der Waals surface area (Å²) in [4.78, 5) is 15.3. The molecule has 1 N–H and O–H groups in total. The standard InChI is InChI=1S/C30H30N2O4S2/c1-21-14-17-27(36-4)29(18-21)38(34,35)32(24-16-15-22(2)23(3)19-24)20-30(33)31-26-12-8-9-13-28(26)37-25-10-6-5-7-11-25/h5-19H,20H2,1-4H3,(H,31,33). The van der Waals surface area contributed by atoms with E-state index < -0.39 is 22.5 Å². The first-order valence-corrected chi connectivity index (χ1v) is 14.3. The lowest BCUT2D eigenvalue weighted by Crippen LogP contribution is -2.38. The number of hydrogen-bond donors (Lipinski definition) is 1. The summed E-state index contributed by atoms with van der Waals surface area (Å²) < 4.78 is 34.6. The largest absolute Gasteiger partial charge is 0.495 e. The number of para-hydroxylation sites is 1. The van der Waals surface area contributed by atoms with E-state index in [0.29, 0.717) is 11.4 Å². The van der Waals surface area contributed by atoms with Gasteiger partial charge in [-0.15, -0.1) is 0 Å². The zero-order valence-electron chi connectivity index (χ0n) is 21.8. The summed E-state index contributed by atoms with van der Waals surface area (Å²) in [7, 11) is -2.72. The molecule has 0 aliphatic rings. The Labute approximate surface area is 228 Å². The average Bonchev–Trinajstić information content (AvgIpc) is 2.90. The van der Waals surface area contributed by atoms with Crippen LogP contribution < -0.4 is 14.4 Å². The van der Waals surface area contributed by atoms with Crippen LogP contribution in [0.4, 0.5) is 11.4 Å². The van der Waals surface area contributed by atoms with E-state index in [1.807, 2.05) is 81.4 Å². The molecule has 1 amide bonds. The number of ether oxygens (including phenoxy) is 1. The monoisotopic (exact) mass is 546 g/mol. The van der Waals surface area contributed by atoms with Gasteiger partial charge in [0.05, 0.1) is 18.5 Å². The van der Waals surface area contributed by atoms with Crippen LogP contribution >= 0.6 is 11.8 Å². The van der Waals surface area contributed by atoms with Crippen molar-refractivity contribution in [2.45, 2.75) is 35.5 Å². The smallest absolute Gasteiger partial charge is 0.268 e. The fourth-order valence-corrected chi connectivity index (χ4v) is 6.47. The SMILES string of the molecule is COc1ccc(C)cc1S(=O)(=O)N(CC(=O)Nc1ccccc1Sc1ccccc1)c1ccc(C)c(C)c1. The number of aryl methyl sites for hydroxylation is 3. The Morgan fingerprint density at radius 1 is 0.868 bits per heavy atom. The number of methoxy groups -OCH3 is 1. The first-order valence-electron chi connectivity index (χ1n) is 12.1. The minimum atomic E-state index is -4.15. The van der Waals surface area contributed by atoms with E-state index in [0.717, 1.165) is 30.8 Å². The highest BCUT2D eigenvalue weighted by Crippen LogP contribution is 2.34. The zero-order chi connectivity index (χ0) is 27.3. The van der Waals surface area contributed by atoms with Crippen molar-refractivity contribution < 1.29 is 17.9 Å². The van der Waals surface area contributed by atoms with Crippen molar-refractivity contribution in [3.63, 3.8) is 0 Å². The lowest BCUT2D eigenvalue weighted by molar-refractivity contribution is -0.114. The molecule has 0 atom stereocenters. The molecule has 8 heteroatoms. The topological polar surface area (TPSA) is 75.7 Å². The van der Waals surface area contributed by atoms with E-state index in [1.165, 1.54) is 18.9 Å². The number of anilines is 2. The second-order valence-electron chi connectivity index (χ2n) is 8.89. The van der Waals surface area contributed by atoms with Crippen LogP contribution in [0.25, 0.3) is 0 Å². The van der Waals surface area contributed by atoms with Crippen molar-refractivity contribution in [1.29, 1.82) is 0 Å². The molecular weight excluding hydrogens is 516 g/mol. The molecule has 4 aromatic rings. The predicted molar refractivity (Wildman–Crippen MR) is 154 cm³/mol. The molecule has 4 rings (SSSR count). The quantitative estimate of drug-likeness (QED) is 0.256. The maximum absolute atomic E-state index is 14.0. The molecule has 0 unspecified atom stereocenters. The normalized spacial score (nSPS) is 11.2. The van der Waals surface area contributed by atoms with Crippen LogP contribution in [0.3, 0.4) is 0 Å². The predicted octanol–water partition coefficient (Wildman–Crippen LogP) is 6.61. The highest BCUT2D eigenvalue weighted by atomic mass is 32.2. The van der Waals surface area contributed by atoms with E-state index >= 15 is 0 Å². The lowest BCUT2D eigenvalue weighted by atomic mass is 10.1. The lowest BCUT2D eigenvalue weighted by Gasteiger charge is -2.26. The van der Waals surface area contributed by atoms with Crippen molar-refractivity contribution in [3.05, 3.63) is 108 Å². The van der Waals surface area contributed by atoms with E-state index in [9.17, 15) is 13.2 Å². The van der Waals surface area contributed by atoms with Crippen LogP contribution in [-0.4, -0.2) is 28.0 Å². The van der Waals surface area contributed by atoms with Crippen LogP contribution in [-0.2, 0) is 14.8 Å². The zero-order valence-corrected chi connectivity index (χ0v) is 23.4. The molecule has 0 heterocycles. The second kappa shape index (κ2) is 11.8. The number of carbonyl (C=O) groups is 1. The number of carbonyl (C=O) groups excluding carboxylic acids is 1. The van der Waals surface area contributed by atoms with Crippen molar-refractivity contribution >= 4 is 39.1 Å². The molecule has 6 nitrogen and oxygen atoms in total. The molecular formula is C30H30N2O4S2. The van der Waals surface area contributed by atoms with Crippen molar-refractivity contribution in [2.75, 3.05) is 23.3 Å². The molecule has 0 aromatic heterocycles. The van der Waals surface area contributed by atoms with Crippen LogP contribution in [0.2, 0.25) is 0 Å². The summed E-state index contributed by atoms with van der Waals surface area (Å²) in [5.41, 5.74) is 3.72. The fraction of sp³-hybridized carbons (Fsp3) is 0.167. The Kier molecular flexibility index (Phi) is 8.44. The fourth-order valence-electron chi connectivity index (χ4n) is 3.89. The minimum absolute atomic E-state index is 0.00561. The number of rotatable bonds is 9. The molecule has 0 saturated carbocycles. The van der Waals surface area contributed by atoms with Gasteiger partial charge in [-0.3, -0.25) is 9.10 Å². The summed E-state index contributed by atoms with van der Waals surface area (Å²) in [6.07, 6.45) is 0. The van der Waals surface area contributed by atoms with Gasteiger partial charge in [-0.25, -0.2) is 8.42 Å². The molecule has 0 radical (unpaired) electrons. The number of hydrogen-bond acceptors (Lipinski definition) is 5. The van der Waals surface area contributed by atoms with Gasteiger partial charge in [-0.05, 0) is 86.0 Å². The summed E-state index contributed by atoms with van der Waals surface area (Å²) in [6, 6.07) is 27.6. The minimum Gasteiger partial charge on any atom is -0.495 e. The Hall–Kier alpha value is -3.75. The number of sulfonamides is 1. The van der Waals surface area contributed by atoms with Crippen molar-refractivity contribution in [2.24, 2.45) is 0 Å². The van der Waals surface area contributed by atoms with Gasteiger partial charge >= 0.3 is 0 Å². The highest BCUT2D eigenvalue weighted by molar-refractivity contribution is 7.99. The Bertz CT molecular complexity index is 1550. The molecule has 38 heavy (non-hydrogen) atoms. The Morgan fingerprint density at radius 2 is 1.58 bits per heavy atom. The van der Waals surface area contributed by atoms with Crippen LogP contribution in [0.1, 0.15) is 16.7 Å². The Balaban J connectivity index is 1.69. The van der Waals surface area contributed by atoms with E-state index in [2.05, 4.69) is 5.32 Å². The summed E-state index contributed by atoms with van der Waals surface area (Å²) in [6.45, 7) is 5.27. The molecule has 0 saturated heterocycles. The molecule has 0 aliphatic heterocycles. The first kappa shape index (κ1) is 27.3. The van der Waals surface area contributed by atoms with Gasteiger partial charge in [0, 0.05) is 9.79 Å². The number of amides is 1. The molecule has 0 bridgehead atoms. The van der Waals surface area contributed by atoms with Crippen LogP contribution in [0.15, 0.2) is 106 Å². The molecule has 4 aromatic carbocycles. The summed E-state index contributed by atoms with van der Waals surface area (Å²) in [5, 5.41) is 2.92. The van der Waals surface area contributed by atoms with Gasteiger partial charge in [-0.2, -0.15) is 0 Å². The van der Waals surface area contributed by atoms with Gasteiger partial charge in [0.25, 0.3) is 10.0 Å². The maximum atomic E-state index is 14.0. The number of benzene rings is 4. The summed E-state index contributed by atoms with van der Waals surface area (Å²) >= 11 is 1.52. The highest BCUT2D eigenvalue weighted by Gasteiger charge is 2.30. The Morgan fingerprint density at radius 3 is 2.29 bits per heavy atom. The van der Waals surface area contributed by atoms with Crippen LogP contribution in [0, 0.1) is 20.8 Å². The third-order valence-electron chi connectivity index (χ3n) is 6.09. The molecule has 0 fully saturated rings. The van der Waals surface area contributed by atoms with Crippen molar-refractivity contribution in [1.82, 2.24) is 0 Å². The van der Waals surface area contributed by atoms with E-state index in [-0.39, 0.29) is 10.6 Å². The third-order valence-corrected chi connectivity index (χ3v) is 8.96. The van der Waals surface area contributed by atoms with Gasteiger partial charge in [0.2, 0.25) is 5.91 Å².